The van der Waals surface area contributed by atoms with E-state index in [0.717, 1.165) is 23.7 Å². The highest BCUT2D eigenvalue weighted by Crippen LogP contribution is 2.15. The summed E-state index contributed by atoms with van der Waals surface area (Å²) in [6, 6.07) is 9.13. The van der Waals surface area contributed by atoms with Gasteiger partial charge in [0, 0.05) is 23.6 Å². The molecule has 2 rings (SSSR count). The van der Waals surface area contributed by atoms with Gasteiger partial charge in [-0.1, -0.05) is 19.4 Å². The molecule has 0 aliphatic heterocycles. The van der Waals surface area contributed by atoms with Crippen molar-refractivity contribution in [3.05, 3.63) is 42.1 Å². The quantitative estimate of drug-likeness (QED) is 0.443. The third kappa shape index (κ3) is 4.38. The lowest BCUT2D eigenvalue weighted by Gasteiger charge is -2.04. The zero-order chi connectivity index (χ0) is 15.1. The monoisotopic (exact) mass is 285 g/mol. The second-order valence-corrected chi connectivity index (χ2v) is 4.91. The summed E-state index contributed by atoms with van der Waals surface area (Å²) in [5, 5.41) is 0.925. The Labute approximate surface area is 124 Å². The van der Waals surface area contributed by atoms with Crippen LogP contribution in [0.25, 0.3) is 10.9 Å². The number of benzene rings is 1. The van der Waals surface area contributed by atoms with Crippen molar-refractivity contribution in [1.29, 1.82) is 0 Å². The van der Waals surface area contributed by atoms with Crippen LogP contribution >= 0.6 is 0 Å². The lowest BCUT2D eigenvalue weighted by atomic mass is 10.0. The van der Waals surface area contributed by atoms with Gasteiger partial charge in [-0.3, -0.25) is 14.6 Å². The van der Waals surface area contributed by atoms with Crippen LogP contribution in [0.5, 0.6) is 0 Å². The Bertz CT molecular complexity index is 637. The number of pyridine rings is 1. The Morgan fingerprint density at radius 1 is 1.19 bits per heavy atom. The van der Waals surface area contributed by atoms with E-state index >= 15 is 0 Å². The SMILES string of the molecule is CCCCOC(=O)CCC(=O)c1ccc2ncccc2c1. The highest BCUT2D eigenvalue weighted by atomic mass is 16.5. The number of nitrogens with zero attached hydrogens (tertiary/aromatic N) is 1. The number of carbonyl (C=O) groups excluding carboxylic acids is 2. The third-order valence-corrected chi connectivity index (χ3v) is 3.24. The number of hydrogen-bond donors (Lipinski definition) is 0. The van der Waals surface area contributed by atoms with Gasteiger partial charge < -0.3 is 4.74 Å². The molecule has 0 unspecified atom stereocenters. The highest BCUT2D eigenvalue weighted by Gasteiger charge is 2.10. The van der Waals surface area contributed by atoms with Crippen LogP contribution < -0.4 is 0 Å². The zero-order valence-corrected chi connectivity index (χ0v) is 12.2. The first kappa shape index (κ1) is 15.2. The van der Waals surface area contributed by atoms with Crippen LogP contribution in [0, 0.1) is 0 Å². The van der Waals surface area contributed by atoms with Gasteiger partial charge in [0.2, 0.25) is 0 Å². The van der Waals surface area contributed by atoms with Crippen molar-refractivity contribution in [2.45, 2.75) is 32.6 Å². The van der Waals surface area contributed by atoms with Gasteiger partial charge in [0.1, 0.15) is 0 Å². The second kappa shape index (κ2) is 7.53. The number of Topliss-reactive ketones (excluding diaryl/α,β-unsaturated/α-hetero) is 1. The van der Waals surface area contributed by atoms with Gasteiger partial charge in [0.25, 0.3) is 0 Å². The van der Waals surface area contributed by atoms with Gasteiger partial charge in [-0.25, -0.2) is 0 Å². The molecule has 0 atom stereocenters. The molecule has 1 aromatic carbocycles. The zero-order valence-electron chi connectivity index (χ0n) is 12.2. The average molecular weight is 285 g/mol. The molecule has 2 aromatic rings. The van der Waals surface area contributed by atoms with Gasteiger partial charge in [0.15, 0.2) is 5.78 Å². The summed E-state index contributed by atoms with van der Waals surface area (Å²) in [5.41, 5.74) is 1.46. The van der Waals surface area contributed by atoms with Crippen LogP contribution in [-0.4, -0.2) is 23.3 Å². The maximum Gasteiger partial charge on any atom is 0.306 e. The summed E-state index contributed by atoms with van der Waals surface area (Å²) in [7, 11) is 0. The van der Waals surface area contributed by atoms with Crippen molar-refractivity contribution in [3.63, 3.8) is 0 Å². The van der Waals surface area contributed by atoms with E-state index in [1.54, 1.807) is 12.3 Å². The number of fused-ring (bicyclic) bond motifs is 1. The standard InChI is InChI=1S/C17H19NO3/c1-2-3-11-21-17(20)9-8-16(19)14-6-7-15-13(12-14)5-4-10-18-15/h4-7,10,12H,2-3,8-9,11H2,1H3. The molecule has 0 aliphatic rings. The third-order valence-electron chi connectivity index (χ3n) is 3.24. The van der Waals surface area contributed by atoms with Crippen LogP contribution in [0.3, 0.4) is 0 Å². The Hall–Kier alpha value is -2.23. The molecule has 0 saturated carbocycles. The van der Waals surface area contributed by atoms with E-state index in [0.29, 0.717) is 12.2 Å². The predicted molar refractivity (Wildman–Crippen MR) is 81.2 cm³/mol. The van der Waals surface area contributed by atoms with Crippen molar-refractivity contribution in [1.82, 2.24) is 4.98 Å². The Kier molecular flexibility index (Phi) is 5.43. The molecule has 0 bridgehead atoms. The Morgan fingerprint density at radius 3 is 2.86 bits per heavy atom. The maximum atomic E-state index is 12.1. The summed E-state index contributed by atoms with van der Waals surface area (Å²) in [6.45, 7) is 2.47. The second-order valence-electron chi connectivity index (χ2n) is 4.91. The van der Waals surface area contributed by atoms with Gasteiger partial charge in [-0.15, -0.1) is 0 Å². The van der Waals surface area contributed by atoms with Crippen molar-refractivity contribution in [2.75, 3.05) is 6.61 Å². The molecule has 4 nitrogen and oxygen atoms in total. The van der Waals surface area contributed by atoms with E-state index < -0.39 is 0 Å². The largest absolute Gasteiger partial charge is 0.466 e. The molecule has 1 aromatic heterocycles. The van der Waals surface area contributed by atoms with Gasteiger partial charge in [0.05, 0.1) is 18.5 Å². The van der Waals surface area contributed by atoms with E-state index in [1.165, 1.54) is 0 Å². The molecular weight excluding hydrogens is 266 g/mol. The first-order valence-corrected chi connectivity index (χ1v) is 7.24. The molecule has 0 fully saturated rings. The Morgan fingerprint density at radius 2 is 2.05 bits per heavy atom. The molecule has 110 valence electrons. The number of aromatic nitrogens is 1. The molecule has 1 heterocycles. The minimum absolute atomic E-state index is 0.0480. The first-order chi connectivity index (χ1) is 10.2. The number of ether oxygens (including phenoxy) is 1. The molecule has 0 amide bonds. The van der Waals surface area contributed by atoms with E-state index in [-0.39, 0.29) is 24.6 Å². The lowest BCUT2D eigenvalue weighted by Crippen LogP contribution is -2.09. The van der Waals surface area contributed by atoms with E-state index in [2.05, 4.69) is 4.98 Å². The normalized spacial score (nSPS) is 10.5. The summed E-state index contributed by atoms with van der Waals surface area (Å²) in [6.07, 6.45) is 3.87. The van der Waals surface area contributed by atoms with Crippen LogP contribution in [0.15, 0.2) is 36.5 Å². The number of carbonyl (C=O) groups is 2. The Balaban J connectivity index is 1.91. The first-order valence-electron chi connectivity index (χ1n) is 7.24. The molecule has 0 radical (unpaired) electrons. The predicted octanol–water partition coefficient (Wildman–Crippen LogP) is 3.54. The minimum atomic E-state index is -0.306. The van der Waals surface area contributed by atoms with E-state index in [9.17, 15) is 9.59 Å². The van der Waals surface area contributed by atoms with Gasteiger partial charge >= 0.3 is 5.97 Å². The molecule has 0 saturated heterocycles. The minimum Gasteiger partial charge on any atom is -0.466 e. The lowest BCUT2D eigenvalue weighted by molar-refractivity contribution is -0.143. The molecule has 4 heteroatoms. The van der Waals surface area contributed by atoms with Crippen molar-refractivity contribution in [2.24, 2.45) is 0 Å². The number of ketones is 1. The summed E-state index contributed by atoms with van der Waals surface area (Å²) in [4.78, 5) is 27.8. The fraction of sp³-hybridized carbons (Fsp3) is 0.353. The van der Waals surface area contributed by atoms with Crippen LogP contribution in [0.4, 0.5) is 0 Å². The topological polar surface area (TPSA) is 56.3 Å². The van der Waals surface area contributed by atoms with Crippen molar-refractivity contribution >= 4 is 22.7 Å². The highest BCUT2D eigenvalue weighted by molar-refractivity contribution is 6.00. The number of esters is 1. The van der Waals surface area contributed by atoms with Gasteiger partial charge in [-0.2, -0.15) is 0 Å². The van der Waals surface area contributed by atoms with Crippen molar-refractivity contribution < 1.29 is 14.3 Å². The number of unbranched alkanes of at least 4 members (excludes halogenated alkanes) is 1. The van der Waals surface area contributed by atoms with Gasteiger partial charge in [-0.05, 0) is 30.7 Å². The van der Waals surface area contributed by atoms with Crippen LogP contribution in [0.2, 0.25) is 0 Å². The molecule has 0 aliphatic carbocycles. The fourth-order valence-corrected chi connectivity index (χ4v) is 2.01. The molecule has 21 heavy (non-hydrogen) atoms. The number of rotatable bonds is 7. The fourth-order valence-electron chi connectivity index (χ4n) is 2.01. The van der Waals surface area contributed by atoms with Crippen molar-refractivity contribution in [3.8, 4) is 0 Å². The van der Waals surface area contributed by atoms with E-state index in [4.69, 9.17) is 4.74 Å². The summed E-state index contributed by atoms with van der Waals surface area (Å²) < 4.78 is 5.04. The summed E-state index contributed by atoms with van der Waals surface area (Å²) in [5.74, 6) is -0.354. The molecular formula is C17H19NO3. The summed E-state index contributed by atoms with van der Waals surface area (Å²) >= 11 is 0. The average Bonchev–Trinajstić information content (AvgIpc) is 2.52. The maximum absolute atomic E-state index is 12.1. The van der Waals surface area contributed by atoms with Crippen LogP contribution in [-0.2, 0) is 9.53 Å². The van der Waals surface area contributed by atoms with E-state index in [1.807, 2.05) is 31.2 Å². The smallest absolute Gasteiger partial charge is 0.306 e. The van der Waals surface area contributed by atoms with Crippen LogP contribution in [0.1, 0.15) is 43.0 Å². The number of hydrogen-bond acceptors (Lipinski definition) is 4. The molecule has 0 spiro atoms. The molecule has 0 N–H and O–H groups in total.